The van der Waals surface area contributed by atoms with Crippen LogP contribution in [-0.4, -0.2) is 60.6 Å². The fourth-order valence-corrected chi connectivity index (χ4v) is 3.56. The summed E-state index contributed by atoms with van der Waals surface area (Å²) in [5, 5.41) is 11.9. The van der Waals surface area contributed by atoms with E-state index in [0.29, 0.717) is 24.8 Å². The Morgan fingerprint density at radius 3 is 2.45 bits per heavy atom. The number of amides is 2. The van der Waals surface area contributed by atoms with Crippen molar-refractivity contribution in [3.63, 3.8) is 0 Å². The number of aliphatic carboxylic acids is 1. The summed E-state index contributed by atoms with van der Waals surface area (Å²) in [4.78, 5) is 29.1. The zero-order valence-electron chi connectivity index (χ0n) is 18.8. The van der Waals surface area contributed by atoms with Gasteiger partial charge in [0.15, 0.2) is 0 Å². The number of piperidine rings is 1. The zero-order valence-corrected chi connectivity index (χ0v) is 18.8. The number of rotatable bonds is 10. The summed E-state index contributed by atoms with van der Waals surface area (Å²) in [5.41, 5.74) is 6.74. The third-order valence-corrected chi connectivity index (χ3v) is 5.74. The first-order valence-corrected chi connectivity index (χ1v) is 11.0. The largest absolute Gasteiger partial charge is 0.494 e. The molecule has 1 aromatic rings. The first kappa shape index (κ1) is 24.7. The van der Waals surface area contributed by atoms with Gasteiger partial charge in [-0.1, -0.05) is 26.0 Å². The molecular weight excluding hydrogens is 396 g/mol. The van der Waals surface area contributed by atoms with Gasteiger partial charge in [0.25, 0.3) is 0 Å². The number of nitrogens with two attached hydrogens (primary N) is 1. The van der Waals surface area contributed by atoms with Crippen LogP contribution in [0.25, 0.3) is 0 Å². The van der Waals surface area contributed by atoms with Gasteiger partial charge >= 0.3 is 12.0 Å². The number of amidine groups is 1. The highest BCUT2D eigenvalue weighted by Gasteiger charge is 2.22. The van der Waals surface area contributed by atoms with E-state index in [9.17, 15) is 9.59 Å². The van der Waals surface area contributed by atoms with E-state index in [1.54, 1.807) is 11.9 Å². The van der Waals surface area contributed by atoms with Gasteiger partial charge in [-0.05, 0) is 62.8 Å². The highest BCUT2D eigenvalue weighted by Crippen LogP contribution is 2.23. The molecule has 2 amide bonds. The average Bonchev–Trinajstić information content (AvgIpc) is 2.76. The van der Waals surface area contributed by atoms with Crippen LogP contribution >= 0.6 is 0 Å². The third kappa shape index (κ3) is 8.20. The van der Waals surface area contributed by atoms with Gasteiger partial charge in [0.2, 0.25) is 0 Å². The fraction of sp³-hybridized carbons (Fsp3) is 0.609. The molecule has 8 heteroatoms. The van der Waals surface area contributed by atoms with Gasteiger partial charge in [-0.15, -0.1) is 0 Å². The molecule has 0 bridgehead atoms. The summed E-state index contributed by atoms with van der Waals surface area (Å²) in [5.74, 6) is 0.997. The van der Waals surface area contributed by atoms with E-state index >= 15 is 0 Å². The number of benzene rings is 1. The number of ether oxygens (including phenoxy) is 1. The Balaban J connectivity index is 1.66. The Bertz CT molecular complexity index is 740. The second kappa shape index (κ2) is 12.3. The third-order valence-electron chi connectivity index (χ3n) is 5.74. The molecule has 1 saturated heterocycles. The zero-order chi connectivity index (χ0) is 22.8. The number of carboxylic acid groups (broad SMARTS) is 1. The molecule has 0 aromatic heterocycles. The van der Waals surface area contributed by atoms with Crippen molar-refractivity contribution >= 4 is 17.8 Å². The van der Waals surface area contributed by atoms with Crippen molar-refractivity contribution in [2.45, 2.75) is 52.0 Å². The lowest BCUT2D eigenvalue weighted by atomic mass is 9.92. The summed E-state index contributed by atoms with van der Waals surface area (Å²) in [6, 6.07) is 6.77. The smallest absolute Gasteiger partial charge is 0.345 e. The molecule has 4 N–H and O–H groups in total. The van der Waals surface area contributed by atoms with Crippen molar-refractivity contribution in [3.8, 4) is 5.75 Å². The van der Waals surface area contributed by atoms with E-state index in [1.807, 2.05) is 38.1 Å². The van der Waals surface area contributed by atoms with E-state index in [1.165, 1.54) is 0 Å². The molecule has 1 unspecified atom stereocenters. The number of likely N-dealkylation sites (tertiary alicyclic amines) is 1. The SMILES string of the molecule is CNC(Cc1ccc(OCCCC2CCN(C(=O)/N=C(\N)C(C)C)CC2)cc1)C(=O)O. The number of carbonyl (C=O) groups is 2. The lowest BCUT2D eigenvalue weighted by Crippen LogP contribution is -2.38. The summed E-state index contributed by atoms with van der Waals surface area (Å²) in [6.07, 6.45) is 4.42. The van der Waals surface area contributed by atoms with Crippen molar-refractivity contribution in [1.29, 1.82) is 0 Å². The Hall–Kier alpha value is -2.61. The highest BCUT2D eigenvalue weighted by molar-refractivity contribution is 5.93. The number of hydrogen-bond acceptors (Lipinski definition) is 4. The first-order chi connectivity index (χ1) is 14.8. The maximum absolute atomic E-state index is 12.2. The van der Waals surface area contributed by atoms with Crippen molar-refractivity contribution in [2.24, 2.45) is 22.6 Å². The van der Waals surface area contributed by atoms with Gasteiger partial charge in [-0.2, -0.15) is 4.99 Å². The van der Waals surface area contributed by atoms with Gasteiger partial charge < -0.3 is 25.8 Å². The second-order valence-corrected chi connectivity index (χ2v) is 8.42. The standard InChI is InChI=1S/C23H36N4O4/c1-16(2)21(24)26-23(30)27-12-10-17(11-13-27)5-4-14-31-19-8-6-18(7-9-19)15-20(25-3)22(28)29/h6-9,16-17,20,25H,4-5,10-15H2,1-3H3,(H,28,29)(H2,24,26,30). The van der Waals surface area contributed by atoms with Crippen LogP contribution < -0.4 is 15.8 Å². The number of hydrogen-bond donors (Lipinski definition) is 3. The Labute approximate surface area is 184 Å². The molecule has 0 spiro atoms. The lowest BCUT2D eigenvalue weighted by Gasteiger charge is -2.30. The van der Waals surface area contributed by atoms with Gasteiger partial charge in [0.05, 0.1) is 6.61 Å². The average molecular weight is 433 g/mol. The molecule has 172 valence electrons. The maximum atomic E-state index is 12.2. The maximum Gasteiger partial charge on any atom is 0.345 e. The summed E-state index contributed by atoms with van der Waals surface area (Å²) < 4.78 is 5.83. The summed E-state index contributed by atoms with van der Waals surface area (Å²) in [6.45, 7) is 5.94. The summed E-state index contributed by atoms with van der Waals surface area (Å²) >= 11 is 0. The predicted octanol–water partition coefficient (Wildman–Crippen LogP) is 2.91. The van der Waals surface area contributed by atoms with Crippen LogP contribution in [0.5, 0.6) is 5.75 Å². The van der Waals surface area contributed by atoms with Gasteiger partial charge in [-0.25, -0.2) is 4.79 Å². The number of likely N-dealkylation sites (N-methyl/N-ethyl adjacent to an activating group) is 1. The van der Waals surface area contributed by atoms with E-state index in [-0.39, 0.29) is 11.9 Å². The monoisotopic (exact) mass is 432 g/mol. The van der Waals surface area contributed by atoms with Crippen LogP contribution in [0.15, 0.2) is 29.3 Å². The minimum atomic E-state index is -0.856. The minimum Gasteiger partial charge on any atom is -0.494 e. The molecule has 0 radical (unpaired) electrons. The van der Waals surface area contributed by atoms with Crippen molar-refractivity contribution in [2.75, 3.05) is 26.7 Å². The van der Waals surface area contributed by atoms with Crippen LogP contribution in [0.1, 0.15) is 45.1 Å². The van der Waals surface area contributed by atoms with Gasteiger partial charge in [0.1, 0.15) is 17.6 Å². The second-order valence-electron chi connectivity index (χ2n) is 8.42. The molecule has 1 atom stereocenters. The number of aliphatic imine (C=N–C) groups is 1. The highest BCUT2D eigenvalue weighted by atomic mass is 16.5. The lowest BCUT2D eigenvalue weighted by molar-refractivity contribution is -0.139. The Morgan fingerprint density at radius 2 is 1.90 bits per heavy atom. The van der Waals surface area contributed by atoms with E-state index in [4.69, 9.17) is 15.6 Å². The molecule has 0 aliphatic carbocycles. The molecule has 1 heterocycles. The first-order valence-electron chi connectivity index (χ1n) is 11.0. The molecular formula is C23H36N4O4. The van der Waals surface area contributed by atoms with Crippen LogP contribution in [0.2, 0.25) is 0 Å². The molecule has 0 saturated carbocycles. The number of nitrogens with zero attached hydrogens (tertiary/aromatic N) is 2. The number of nitrogens with one attached hydrogen (secondary N) is 1. The van der Waals surface area contributed by atoms with Gasteiger partial charge in [-0.3, -0.25) is 4.79 Å². The van der Waals surface area contributed by atoms with Crippen LogP contribution in [0.3, 0.4) is 0 Å². The molecule has 1 aliphatic heterocycles. The number of urea groups is 1. The van der Waals surface area contributed by atoms with Crippen molar-refractivity contribution < 1.29 is 19.4 Å². The molecule has 31 heavy (non-hydrogen) atoms. The quantitative estimate of drug-likeness (QED) is 0.297. The molecule has 1 aliphatic rings. The van der Waals surface area contributed by atoms with E-state index in [0.717, 1.165) is 50.1 Å². The minimum absolute atomic E-state index is 0.0766. The van der Waals surface area contributed by atoms with E-state index < -0.39 is 12.0 Å². The predicted molar refractivity (Wildman–Crippen MR) is 122 cm³/mol. The van der Waals surface area contributed by atoms with Crippen LogP contribution in [0, 0.1) is 11.8 Å². The van der Waals surface area contributed by atoms with Crippen LogP contribution in [-0.2, 0) is 11.2 Å². The number of carbonyl (C=O) groups excluding carboxylic acids is 1. The Morgan fingerprint density at radius 1 is 1.26 bits per heavy atom. The van der Waals surface area contributed by atoms with E-state index in [2.05, 4.69) is 10.3 Å². The Kier molecular flexibility index (Phi) is 9.78. The summed E-state index contributed by atoms with van der Waals surface area (Å²) in [7, 11) is 1.65. The fourth-order valence-electron chi connectivity index (χ4n) is 3.56. The van der Waals surface area contributed by atoms with Crippen molar-refractivity contribution in [1.82, 2.24) is 10.2 Å². The van der Waals surface area contributed by atoms with Crippen LogP contribution in [0.4, 0.5) is 4.79 Å². The topological polar surface area (TPSA) is 117 Å². The molecule has 8 nitrogen and oxygen atoms in total. The van der Waals surface area contributed by atoms with Gasteiger partial charge in [0, 0.05) is 19.0 Å². The normalized spacial score (nSPS) is 16.4. The molecule has 1 aromatic carbocycles. The molecule has 1 fully saturated rings. The van der Waals surface area contributed by atoms with Crippen molar-refractivity contribution in [3.05, 3.63) is 29.8 Å². The molecule has 2 rings (SSSR count). The number of carboxylic acids is 1.